The molecule has 5 heteroatoms. The SMILES string of the molecule is CCCCCCCOCc1ccc(Br)c([N+](=O)[O-])c1. The molecular weight excluding hydrogens is 310 g/mol. The molecule has 0 aliphatic carbocycles. The molecule has 0 saturated carbocycles. The summed E-state index contributed by atoms with van der Waals surface area (Å²) < 4.78 is 6.04. The maximum absolute atomic E-state index is 10.8. The van der Waals surface area contributed by atoms with Crippen molar-refractivity contribution in [2.75, 3.05) is 6.61 Å². The molecule has 1 aromatic rings. The first-order valence-electron chi connectivity index (χ1n) is 6.65. The molecule has 0 fully saturated rings. The lowest BCUT2D eigenvalue weighted by molar-refractivity contribution is -0.385. The van der Waals surface area contributed by atoms with Crippen LogP contribution < -0.4 is 0 Å². The van der Waals surface area contributed by atoms with Gasteiger partial charge in [-0.2, -0.15) is 0 Å². The minimum Gasteiger partial charge on any atom is -0.377 e. The average Bonchev–Trinajstić information content (AvgIpc) is 2.39. The number of rotatable bonds is 9. The molecule has 0 amide bonds. The maximum atomic E-state index is 10.8. The molecule has 0 aromatic heterocycles. The van der Waals surface area contributed by atoms with Gasteiger partial charge in [-0.15, -0.1) is 0 Å². The number of hydrogen-bond donors (Lipinski definition) is 0. The van der Waals surface area contributed by atoms with Crippen LogP contribution in [0.25, 0.3) is 0 Å². The lowest BCUT2D eigenvalue weighted by Gasteiger charge is -2.05. The van der Waals surface area contributed by atoms with Gasteiger partial charge in [-0.05, 0) is 34.0 Å². The Kier molecular flexibility index (Phi) is 7.67. The van der Waals surface area contributed by atoms with Crippen LogP contribution in [-0.4, -0.2) is 11.5 Å². The molecule has 19 heavy (non-hydrogen) atoms. The molecule has 0 spiro atoms. The van der Waals surface area contributed by atoms with Gasteiger partial charge in [0.2, 0.25) is 0 Å². The molecular formula is C14H20BrNO3. The molecule has 4 nitrogen and oxygen atoms in total. The highest BCUT2D eigenvalue weighted by Gasteiger charge is 2.11. The molecule has 0 N–H and O–H groups in total. The first-order valence-corrected chi connectivity index (χ1v) is 7.45. The Bertz CT molecular complexity index is 410. The van der Waals surface area contributed by atoms with Crippen molar-refractivity contribution in [1.29, 1.82) is 0 Å². The van der Waals surface area contributed by atoms with E-state index in [9.17, 15) is 10.1 Å². The van der Waals surface area contributed by atoms with E-state index in [1.54, 1.807) is 12.1 Å². The summed E-state index contributed by atoms with van der Waals surface area (Å²) in [5, 5.41) is 10.8. The van der Waals surface area contributed by atoms with Crippen molar-refractivity contribution in [3.8, 4) is 0 Å². The summed E-state index contributed by atoms with van der Waals surface area (Å²) in [6, 6.07) is 5.09. The fourth-order valence-corrected chi connectivity index (χ4v) is 2.18. The van der Waals surface area contributed by atoms with Crippen LogP contribution in [0.5, 0.6) is 0 Å². The van der Waals surface area contributed by atoms with Crippen LogP contribution in [0.4, 0.5) is 5.69 Å². The lowest BCUT2D eigenvalue weighted by Crippen LogP contribution is -1.97. The molecule has 1 rings (SSSR count). The predicted molar refractivity (Wildman–Crippen MR) is 79.2 cm³/mol. The van der Waals surface area contributed by atoms with Gasteiger partial charge in [-0.1, -0.05) is 38.7 Å². The highest BCUT2D eigenvalue weighted by Crippen LogP contribution is 2.25. The van der Waals surface area contributed by atoms with E-state index in [0.717, 1.165) is 12.0 Å². The van der Waals surface area contributed by atoms with Gasteiger partial charge in [-0.25, -0.2) is 0 Å². The summed E-state index contributed by atoms with van der Waals surface area (Å²) in [5.74, 6) is 0. The molecule has 0 unspecified atom stereocenters. The number of hydrogen-bond acceptors (Lipinski definition) is 3. The quantitative estimate of drug-likeness (QED) is 0.370. The van der Waals surface area contributed by atoms with Gasteiger partial charge in [0.25, 0.3) is 5.69 Å². The van der Waals surface area contributed by atoms with Crippen molar-refractivity contribution in [2.24, 2.45) is 0 Å². The van der Waals surface area contributed by atoms with E-state index in [1.807, 2.05) is 6.07 Å². The number of nitro groups is 1. The van der Waals surface area contributed by atoms with Gasteiger partial charge in [0.1, 0.15) is 0 Å². The van der Waals surface area contributed by atoms with Crippen LogP contribution in [0, 0.1) is 10.1 Å². The Balaban J connectivity index is 2.30. The summed E-state index contributed by atoms with van der Waals surface area (Å²) in [4.78, 5) is 10.4. The molecule has 0 aliphatic heterocycles. The van der Waals surface area contributed by atoms with Crippen LogP contribution in [0.3, 0.4) is 0 Å². The van der Waals surface area contributed by atoms with E-state index in [1.165, 1.54) is 25.7 Å². The van der Waals surface area contributed by atoms with Crippen molar-refractivity contribution in [1.82, 2.24) is 0 Å². The fraction of sp³-hybridized carbons (Fsp3) is 0.571. The van der Waals surface area contributed by atoms with Crippen molar-refractivity contribution >= 4 is 21.6 Å². The van der Waals surface area contributed by atoms with Crippen LogP contribution in [0.15, 0.2) is 22.7 Å². The summed E-state index contributed by atoms with van der Waals surface area (Å²) in [6.07, 6.45) is 6.01. The Morgan fingerprint density at radius 3 is 2.68 bits per heavy atom. The highest BCUT2D eigenvalue weighted by molar-refractivity contribution is 9.10. The molecule has 0 bridgehead atoms. The molecule has 106 valence electrons. The second kappa shape index (κ2) is 9.04. The zero-order chi connectivity index (χ0) is 14.1. The summed E-state index contributed by atoms with van der Waals surface area (Å²) in [5.41, 5.74) is 0.924. The zero-order valence-corrected chi connectivity index (χ0v) is 12.8. The van der Waals surface area contributed by atoms with Gasteiger partial charge >= 0.3 is 0 Å². The largest absolute Gasteiger partial charge is 0.377 e. The third-order valence-corrected chi connectivity index (χ3v) is 3.54. The minimum atomic E-state index is -0.391. The molecule has 0 saturated heterocycles. The van der Waals surface area contributed by atoms with Gasteiger partial charge in [0.05, 0.1) is 16.0 Å². The molecule has 0 heterocycles. The second-order valence-corrected chi connectivity index (χ2v) is 5.36. The van der Waals surface area contributed by atoms with E-state index in [2.05, 4.69) is 22.9 Å². The smallest absolute Gasteiger partial charge is 0.283 e. The van der Waals surface area contributed by atoms with E-state index in [-0.39, 0.29) is 5.69 Å². The topological polar surface area (TPSA) is 52.4 Å². The molecule has 1 aromatic carbocycles. The standard InChI is InChI=1S/C14H20BrNO3/c1-2-3-4-5-6-9-19-11-12-7-8-13(15)14(10-12)16(17)18/h7-8,10H,2-6,9,11H2,1H3. The normalized spacial score (nSPS) is 10.6. The zero-order valence-electron chi connectivity index (χ0n) is 11.2. The third-order valence-electron chi connectivity index (χ3n) is 2.87. The van der Waals surface area contributed by atoms with Crippen LogP contribution >= 0.6 is 15.9 Å². The van der Waals surface area contributed by atoms with Crippen molar-refractivity contribution in [3.05, 3.63) is 38.3 Å². The number of ether oxygens (including phenoxy) is 1. The Morgan fingerprint density at radius 2 is 2.00 bits per heavy atom. The Hall–Kier alpha value is -0.940. The first-order chi connectivity index (χ1) is 9.15. The van der Waals surface area contributed by atoms with Gasteiger partial charge in [0.15, 0.2) is 0 Å². The molecule has 0 aliphatic rings. The summed E-state index contributed by atoms with van der Waals surface area (Å²) in [7, 11) is 0. The highest BCUT2D eigenvalue weighted by atomic mass is 79.9. The summed E-state index contributed by atoms with van der Waals surface area (Å²) >= 11 is 3.17. The van der Waals surface area contributed by atoms with E-state index < -0.39 is 4.92 Å². The van der Waals surface area contributed by atoms with E-state index in [4.69, 9.17) is 4.74 Å². The van der Waals surface area contributed by atoms with Gasteiger partial charge < -0.3 is 4.74 Å². The van der Waals surface area contributed by atoms with E-state index in [0.29, 0.717) is 17.7 Å². The predicted octanol–water partition coefficient (Wildman–Crippen LogP) is 4.84. The lowest BCUT2D eigenvalue weighted by atomic mass is 10.2. The third kappa shape index (κ3) is 6.16. The fourth-order valence-electron chi connectivity index (χ4n) is 1.79. The van der Waals surface area contributed by atoms with Crippen molar-refractivity contribution < 1.29 is 9.66 Å². The average molecular weight is 330 g/mol. The monoisotopic (exact) mass is 329 g/mol. The van der Waals surface area contributed by atoms with Gasteiger partial charge in [-0.3, -0.25) is 10.1 Å². The van der Waals surface area contributed by atoms with Crippen molar-refractivity contribution in [2.45, 2.75) is 45.6 Å². The van der Waals surface area contributed by atoms with Crippen LogP contribution in [0.1, 0.15) is 44.6 Å². The first kappa shape index (κ1) is 16.1. The van der Waals surface area contributed by atoms with Crippen LogP contribution in [0.2, 0.25) is 0 Å². The molecule has 0 atom stereocenters. The number of unbranched alkanes of at least 4 members (excludes halogenated alkanes) is 4. The number of nitro benzene ring substituents is 1. The van der Waals surface area contributed by atoms with Crippen LogP contribution in [-0.2, 0) is 11.3 Å². The van der Waals surface area contributed by atoms with Crippen molar-refractivity contribution in [3.63, 3.8) is 0 Å². The van der Waals surface area contributed by atoms with Gasteiger partial charge in [0, 0.05) is 12.7 Å². The number of nitrogens with zero attached hydrogens (tertiary/aromatic N) is 1. The van der Waals surface area contributed by atoms with E-state index >= 15 is 0 Å². The number of halogens is 1. The maximum Gasteiger partial charge on any atom is 0.283 e. The Labute approximate surface area is 122 Å². The minimum absolute atomic E-state index is 0.0871. The molecule has 0 radical (unpaired) electrons. The second-order valence-electron chi connectivity index (χ2n) is 4.51. The number of benzene rings is 1. The summed E-state index contributed by atoms with van der Waals surface area (Å²) in [6.45, 7) is 3.34. The Morgan fingerprint density at radius 1 is 1.26 bits per heavy atom.